The standard InChI is InChI=1S/2C12H18O3/c2*1-4-9(13)12(3)10-6-5-8(15-10)7(2)11(12)14/h2*5-10,13H,4H2,1-3H3/t7-,8+,9-,10-,12+;7-,8+,9-,10-,12-/m00/s1. The minimum atomic E-state index is -0.766. The molecule has 0 unspecified atom stereocenters. The van der Waals surface area contributed by atoms with E-state index in [1.165, 1.54) is 0 Å². The van der Waals surface area contributed by atoms with E-state index >= 15 is 0 Å². The average Bonchev–Trinajstić information content (AvgIpc) is 3.41. The van der Waals surface area contributed by atoms with Crippen LogP contribution in [0.4, 0.5) is 0 Å². The normalized spacial score (nSPS) is 45.9. The molecule has 0 aromatic heterocycles. The summed E-state index contributed by atoms with van der Waals surface area (Å²) in [7, 11) is 0. The van der Waals surface area contributed by atoms with E-state index in [4.69, 9.17) is 9.47 Å². The van der Waals surface area contributed by atoms with Gasteiger partial charge >= 0.3 is 0 Å². The van der Waals surface area contributed by atoms with E-state index in [2.05, 4.69) is 0 Å². The fourth-order valence-corrected chi connectivity index (χ4v) is 5.31. The van der Waals surface area contributed by atoms with Crippen molar-refractivity contribution in [3.63, 3.8) is 0 Å². The second-order valence-corrected chi connectivity index (χ2v) is 9.53. The van der Waals surface area contributed by atoms with Crippen molar-refractivity contribution in [2.75, 3.05) is 0 Å². The predicted octanol–water partition coefficient (Wildman–Crippen LogP) is 2.61. The topological polar surface area (TPSA) is 93.1 Å². The highest BCUT2D eigenvalue weighted by Gasteiger charge is 2.56. The Kier molecular flexibility index (Phi) is 6.46. The van der Waals surface area contributed by atoms with E-state index in [-0.39, 0.29) is 47.8 Å². The summed E-state index contributed by atoms with van der Waals surface area (Å²) < 4.78 is 11.5. The van der Waals surface area contributed by atoms with Gasteiger partial charge in [-0.05, 0) is 26.7 Å². The third kappa shape index (κ3) is 3.32. The summed E-state index contributed by atoms with van der Waals surface area (Å²) in [4.78, 5) is 24.5. The fourth-order valence-electron chi connectivity index (χ4n) is 5.31. The Morgan fingerprint density at radius 2 is 1.13 bits per heavy atom. The van der Waals surface area contributed by atoms with Gasteiger partial charge in [0.15, 0.2) is 0 Å². The van der Waals surface area contributed by atoms with Crippen LogP contribution in [0.3, 0.4) is 0 Å². The predicted molar refractivity (Wildman–Crippen MR) is 113 cm³/mol. The first-order chi connectivity index (χ1) is 14.0. The second-order valence-electron chi connectivity index (χ2n) is 9.53. The smallest absolute Gasteiger partial charge is 0.150 e. The molecule has 4 bridgehead atoms. The van der Waals surface area contributed by atoms with Crippen molar-refractivity contribution in [2.24, 2.45) is 22.7 Å². The molecule has 2 N–H and O–H groups in total. The Hall–Kier alpha value is -1.34. The third-order valence-corrected chi connectivity index (χ3v) is 7.77. The summed E-state index contributed by atoms with van der Waals surface area (Å²) in [6, 6.07) is 0. The van der Waals surface area contributed by atoms with Gasteiger partial charge in [-0.15, -0.1) is 0 Å². The number of ketones is 2. The zero-order valence-electron chi connectivity index (χ0n) is 18.9. The number of ether oxygens (including phenoxy) is 2. The summed E-state index contributed by atoms with van der Waals surface area (Å²) in [6.07, 6.45) is 6.97. The van der Waals surface area contributed by atoms with Crippen molar-refractivity contribution in [3.8, 4) is 0 Å². The van der Waals surface area contributed by atoms with Gasteiger partial charge in [0.05, 0.1) is 47.5 Å². The molecule has 4 heterocycles. The average molecular weight is 421 g/mol. The molecule has 168 valence electrons. The van der Waals surface area contributed by atoms with Crippen LogP contribution < -0.4 is 0 Å². The number of Topliss-reactive ketones (excluding diaryl/α,β-unsaturated/α-hetero) is 2. The molecule has 4 aliphatic rings. The highest BCUT2D eigenvalue weighted by molar-refractivity contribution is 5.90. The second kappa shape index (κ2) is 8.30. The number of carbonyl (C=O) groups is 2. The molecule has 2 saturated heterocycles. The zero-order chi connectivity index (χ0) is 22.4. The molecule has 6 heteroatoms. The lowest BCUT2D eigenvalue weighted by atomic mass is 9.69. The van der Waals surface area contributed by atoms with Crippen molar-refractivity contribution >= 4 is 11.6 Å². The summed E-state index contributed by atoms with van der Waals surface area (Å²) in [5.74, 6) is -0.0383. The van der Waals surface area contributed by atoms with Crippen molar-refractivity contribution in [3.05, 3.63) is 24.3 Å². The van der Waals surface area contributed by atoms with Crippen LogP contribution in [0.25, 0.3) is 0 Å². The van der Waals surface area contributed by atoms with Gasteiger partial charge in [-0.3, -0.25) is 9.59 Å². The zero-order valence-corrected chi connectivity index (χ0v) is 18.9. The Labute approximate surface area is 179 Å². The van der Waals surface area contributed by atoms with Gasteiger partial charge < -0.3 is 19.7 Å². The number of aliphatic hydroxyl groups is 2. The molecule has 30 heavy (non-hydrogen) atoms. The van der Waals surface area contributed by atoms with Gasteiger partial charge in [0.25, 0.3) is 0 Å². The van der Waals surface area contributed by atoms with Crippen LogP contribution in [0, 0.1) is 22.7 Å². The van der Waals surface area contributed by atoms with Crippen molar-refractivity contribution in [1.82, 2.24) is 0 Å². The van der Waals surface area contributed by atoms with Crippen molar-refractivity contribution in [2.45, 2.75) is 91.0 Å². The number of rotatable bonds is 4. The van der Waals surface area contributed by atoms with E-state index in [0.29, 0.717) is 12.8 Å². The first-order valence-electron chi connectivity index (χ1n) is 11.2. The molecule has 0 aromatic rings. The number of hydrogen-bond donors (Lipinski definition) is 2. The first-order valence-corrected chi connectivity index (χ1v) is 11.2. The molecule has 6 nitrogen and oxygen atoms in total. The number of fused-ring (bicyclic) bond motifs is 4. The van der Waals surface area contributed by atoms with Crippen LogP contribution in [0.2, 0.25) is 0 Å². The van der Waals surface area contributed by atoms with Crippen LogP contribution in [0.5, 0.6) is 0 Å². The Morgan fingerprint density at radius 1 is 0.800 bits per heavy atom. The van der Waals surface area contributed by atoms with Gasteiger partial charge in [-0.2, -0.15) is 0 Å². The minimum absolute atomic E-state index is 0.0837. The molecule has 0 aliphatic carbocycles. The maximum absolute atomic E-state index is 12.2. The van der Waals surface area contributed by atoms with Crippen LogP contribution in [-0.2, 0) is 19.1 Å². The van der Waals surface area contributed by atoms with Gasteiger partial charge in [0, 0.05) is 11.8 Å². The molecular formula is C24H36O6. The SMILES string of the molecule is CC[C@H](O)[C@@]1(C)C(=O)[C@@H](C)[C@H]2C=C[C@@H]1O2.CC[C@H](O)[C@]1(C)C(=O)[C@@H](C)[C@H]2C=C[C@@H]1O2. The van der Waals surface area contributed by atoms with E-state index in [9.17, 15) is 19.8 Å². The molecule has 0 amide bonds. The number of carbonyl (C=O) groups excluding carboxylic acids is 2. The van der Waals surface area contributed by atoms with Gasteiger partial charge in [0.1, 0.15) is 11.6 Å². The molecule has 0 spiro atoms. The summed E-state index contributed by atoms with van der Waals surface area (Å²) >= 11 is 0. The summed E-state index contributed by atoms with van der Waals surface area (Å²) in [5, 5.41) is 20.0. The quantitative estimate of drug-likeness (QED) is 0.679. The Bertz CT molecular complexity index is 682. The van der Waals surface area contributed by atoms with Crippen LogP contribution in [-0.4, -0.2) is 58.4 Å². The van der Waals surface area contributed by atoms with Gasteiger partial charge in [-0.1, -0.05) is 52.0 Å². The molecule has 4 rings (SSSR count). The van der Waals surface area contributed by atoms with Crippen LogP contribution in [0.15, 0.2) is 24.3 Å². The molecule has 2 fully saturated rings. The number of hydrogen-bond acceptors (Lipinski definition) is 6. The Balaban J connectivity index is 0.000000171. The molecular weight excluding hydrogens is 384 g/mol. The lowest BCUT2D eigenvalue weighted by molar-refractivity contribution is -0.171. The first kappa shape index (κ1) is 23.3. The molecule has 0 saturated carbocycles. The highest BCUT2D eigenvalue weighted by atomic mass is 16.5. The summed E-state index contributed by atoms with van der Waals surface area (Å²) in [5.41, 5.74) is -1.53. The maximum Gasteiger partial charge on any atom is 0.150 e. The van der Waals surface area contributed by atoms with E-state index in [1.54, 1.807) is 0 Å². The van der Waals surface area contributed by atoms with E-state index < -0.39 is 23.0 Å². The lowest BCUT2D eigenvalue weighted by Crippen LogP contribution is -2.56. The highest BCUT2D eigenvalue weighted by Crippen LogP contribution is 2.45. The van der Waals surface area contributed by atoms with Gasteiger partial charge in [-0.25, -0.2) is 0 Å². The minimum Gasteiger partial charge on any atom is -0.392 e. The van der Waals surface area contributed by atoms with Crippen LogP contribution in [0.1, 0.15) is 54.4 Å². The fraction of sp³-hybridized carbons (Fsp3) is 0.750. The van der Waals surface area contributed by atoms with E-state index in [0.717, 1.165) is 0 Å². The molecule has 0 radical (unpaired) electrons. The molecule has 0 aromatic carbocycles. The molecule has 10 atom stereocenters. The van der Waals surface area contributed by atoms with Crippen molar-refractivity contribution in [1.29, 1.82) is 0 Å². The molecule has 4 aliphatic heterocycles. The largest absolute Gasteiger partial charge is 0.392 e. The monoisotopic (exact) mass is 420 g/mol. The lowest BCUT2D eigenvalue weighted by Gasteiger charge is -2.43. The maximum atomic E-state index is 12.2. The Morgan fingerprint density at radius 3 is 1.43 bits per heavy atom. The van der Waals surface area contributed by atoms with Crippen LogP contribution >= 0.6 is 0 Å². The van der Waals surface area contributed by atoms with Gasteiger partial charge in [0.2, 0.25) is 0 Å². The van der Waals surface area contributed by atoms with E-state index in [1.807, 2.05) is 65.8 Å². The number of aliphatic hydroxyl groups excluding tert-OH is 2. The third-order valence-electron chi connectivity index (χ3n) is 7.77. The van der Waals surface area contributed by atoms with Crippen molar-refractivity contribution < 1.29 is 29.3 Å². The summed E-state index contributed by atoms with van der Waals surface area (Å²) in [6.45, 7) is 11.2.